The third kappa shape index (κ3) is 2.94. The van der Waals surface area contributed by atoms with Gasteiger partial charge in [0, 0.05) is 32.6 Å². The molecule has 0 atom stereocenters. The van der Waals surface area contributed by atoms with Crippen molar-refractivity contribution in [2.45, 2.75) is 19.8 Å². The second kappa shape index (κ2) is 6.39. The Bertz CT molecular complexity index is 690. The van der Waals surface area contributed by atoms with Crippen LogP contribution in [0.5, 0.6) is 0 Å². The molecule has 0 spiro atoms. The number of nitrogens with two attached hydrogens (primary N) is 1. The molecule has 22 heavy (non-hydrogen) atoms. The Hall–Kier alpha value is -2.02. The molecule has 1 aliphatic rings. The summed E-state index contributed by atoms with van der Waals surface area (Å²) in [6.07, 6.45) is 1.55. The molecular formula is C15H20N5OS+. The highest BCUT2D eigenvalue weighted by Gasteiger charge is 2.22. The summed E-state index contributed by atoms with van der Waals surface area (Å²) in [5, 5.41) is 4.72. The molecule has 0 saturated carbocycles. The van der Waals surface area contributed by atoms with Crippen LogP contribution in [0.1, 0.15) is 19.8 Å². The second-order valence-corrected chi connectivity index (χ2v) is 6.40. The second-order valence-electron chi connectivity index (χ2n) is 5.40. The largest absolute Gasteiger partial charge is 0.345 e. The Kier molecular flexibility index (Phi) is 4.33. The lowest BCUT2D eigenvalue weighted by atomic mass is 10.2. The fourth-order valence-corrected chi connectivity index (χ4v) is 3.69. The number of benzene rings is 1. The molecule has 2 aromatic rings. The standard InChI is InChI=1S/C15H19N5OS/c1-2-3-14(21)19-6-8-20(9-7-19)15-17-12-5-4-11(18-16)10-13(12)22-15/h4-5,10,16H,2-3,6-9H2,1H3/p+1. The summed E-state index contributed by atoms with van der Waals surface area (Å²) in [5.41, 5.74) is 7.05. The summed E-state index contributed by atoms with van der Waals surface area (Å²) in [4.78, 5) is 20.8. The van der Waals surface area contributed by atoms with Crippen molar-refractivity contribution in [1.82, 2.24) is 9.88 Å². The summed E-state index contributed by atoms with van der Waals surface area (Å²) >= 11 is 1.65. The van der Waals surface area contributed by atoms with Crippen LogP contribution in [0.15, 0.2) is 23.3 Å². The molecule has 0 bridgehead atoms. The number of anilines is 1. The van der Waals surface area contributed by atoms with Crippen LogP contribution in [-0.2, 0) is 4.79 Å². The topological polar surface area (TPSA) is 74.4 Å². The maximum Gasteiger partial charge on any atom is 0.222 e. The molecule has 2 N–H and O–H groups in total. The van der Waals surface area contributed by atoms with Gasteiger partial charge in [-0.05, 0) is 29.7 Å². The van der Waals surface area contributed by atoms with E-state index in [2.05, 4.69) is 15.0 Å². The smallest absolute Gasteiger partial charge is 0.222 e. The molecule has 3 rings (SSSR count). The van der Waals surface area contributed by atoms with Crippen molar-refractivity contribution < 1.29 is 10.3 Å². The fourth-order valence-electron chi connectivity index (χ4n) is 2.64. The van der Waals surface area contributed by atoms with E-state index in [-0.39, 0.29) is 5.91 Å². The van der Waals surface area contributed by atoms with E-state index in [1.54, 1.807) is 11.3 Å². The van der Waals surface area contributed by atoms with Crippen molar-refractivity contribution in [1.29, 1.82) is 0 Å². The summed E-state index contributed by atoms with van der Waals surface area (Å²) < 4.78 is 1.09. The first kappa shape index (κ1) is 14.9. The van der Waals surface area contributed by atoms with E-state index in [9.17, 15) is 4.79 Å². The minimum Gasteiger partial charge on any atom is -0.345 e. The van der Waals surface area contributed by atoms with E-state index in [4.69, 9.17) is 5.53 Å². The molecule has 116 valence electrons. The zero-order chi connectivity index (χ0) is 15.5. The number of rotatable bonds is 4. The Morgan fingerprint density at radius 1 is 1.36 bits per heavy atom. The first-order valence-corrected chi connectivity index (χ1v) is 8.37. The van der Waals surface area contributed by atoms with Crippen LogP contribution in [-0.4, -0.2) is 42.0 Å². The lowest BCUT2D eigenvalue weighted by molar-refractivity contribution is -0.210. The highest BCUT2D eigenvalue weighted by atomic mass is 32.1. The zero-order valence-corrected chi connectivity index (χ0v) is 13.5. The fraction of sp³-hybridized carbons (Fsp3) is 0.467. The van der Waals surface area contributed by atoms with Gasteiger partial charge in [-0.3, -0.25) is 4.79 Å². The number of fused-ring (bicyclic) bond motifs is 1. The molecule has 1 saturated heterocycles. The number of nitrogens with zero attached hydrogens (tertiary/aromatic N) is 4. The molecule has 0 radical (unpaired) electrons. The molecule has 7 heteroatoms. The zero-order valence-electron chi connectivity index (χ0n) is 12.7. The van der Waals surface area contributed by atoms with Gasteiger partial charge in [0.25, 0.3) is 0 Å². The van der Waals surface area contributed by atoms with Crippen LogP contribution in [0.2, 0.25) is 0 Å². The number of hydrogen-bond acceptors (Lipinski definition) is 5. The lowest BCUT2D eigenvalue weighted by Gasteiger charge is -2.34. The van der Waals surface area contributed by atoms with E-state index in [0.717, 1.165) is 53.6 Å². The molecule has 0 aliphatic carbocycles. The maximum absolute atomic E-state index is 11.9. The average molecular weight is 318 g/mol. The van der Waals surface area contributed by atoms with Crippen LogP contribution in [0.3, 0.4) is 0 Å². The predicted molar refractivity (Wildman–Crippen MR) is 87.3 cm³/mol. The average Bonchev–Trinajstić information content (AvgIpc) is 2.98. The van der Waals surface area contributed by atoms with Crippen molar-refractivity contribution in [3.63, 3.8) is 0 Å². The number of hydrogen-bond donors (Lipinski definition) is 1. The minimum absolute atomic E-state index is 0.264. The van der Waals surface area contributed by atoms with Crippen molar-refractivity contribution in [3.8, 4) is 0 Å². The monoisotopic (exact) mass is 318 g/mol. The minimum atomic E-state index is 0.264. The maximum atomic E-state index is 11.9. The number of carbonyl (C=O) groups excluding carboxylic acids is 1. The van der Waals surface area contributed by atoms with Crippen LogP contribution in [0.25, 0.3) is 10.2 Å². The quantitative estimate of drug-likeness (QED) is 0.870. The van der Waals surface area contributed by atoms with Gasteiger partial charge < -0.3 is 9.80 Å². The van der Waals surface area contributed by atoms with Gasteiger partial charge in [0.2, 0.25) is 5.91 Å². The van der Waals surface area contributed by atoms with Gasteiger partial charge in [-0.2, -0.15) is 5.53 Å². The van der Waals surface area contributed by atoms with Gasteiger partial charge in [0.05, 0.1) is 10.2 Å². The first-order valence-electron chi connectivity index (χ1n) is 7.55. The van der Waals surface area contributed by atoms with Gasteiger partial charge in [-0.15, -0.1) is 0 Å². The van der Waals surface area contributed by atoms with Crippen LogP contribution >= 0.6 is 11.3 Å². The van der Waals surface area contributed by atoms with Gasteiger partial charge in [0.1, 0.15) is 5.69 Å². The Morgan fingerprint density at radius 3 is 2.82 bits per heavy atom. The summed E-state index contributed by atoms with van der Waals surface area (Å²) in [6, 6.07) is 5.77. The molecule has 1 amide bonds. The van der Waals surface area contributed by atoms with Gasteiger partial charge in [0.15, 0.2) is 5.13 Å². The van der Waals surface area contributed by atoms with Gasteiger partial charge in [-0.25, -0.2) is 4.98 Å². The Morgan fingerprint density at radius 2 is 2.14 bits per heavy atom. The van der Waals surface area contributed by atoms with E-state index in [1.807, 2.05) is 30.0 Å². The SMILES string of the molecule is CCCC(=O)N1CCN(c2nc3ccc(N=[NH2+])cc3s2)CC1. The van der Waals surface area contributed by atoms with Gasteiger partial charge >= 0.3 is 0 Å². The summed E-state index contributed by atoms with van der Waals surface area (Å²) in [6.45, 7) is 5.26. The summed E-state index contributed by atoms with van der Waals surface area (Å²) in [5.74, 6) is 0.264. The van der Waals surface area contributed by atoms with E-state index in [0.29, 0.717) is 6.42 Å². The molecule has 0 unspecified atom stereocenters. The van der Waals surface area contributed by atoms with E-state index >= 15 is 0 Å². The Balaban J connectivity index is 1.71. The predicted octanol–water partition coefficient (Wildman–Crippen LogP) is 1.59. The third-order valence-electron chi connectivity index (χ3n) is 3.88. The Labute approximate surface area is 133 Å². The number of piperazine rings is 1. The van der Waals surface area contributed by atoms with Crippen LogP contribution in [0, 0.1) is 0 Å². The van der Waals surface area contributed by atoms with E-state index < -0.39 is 0 Å². The highest BCUT2D eigenvalue weighted by Crippen LogP contribution is 2.31. The van der Waals surface area contributed by atoms with Crippen molar-refractivity contribution >= 4 is 38.3 Å². The molecule has 1 aromatic heterocycles. The number of thiazole rings is 1. The number of aromatic nitrogens is 1. The summed E-state index contributed by atoms with van der Waals surface area (Å²) in [7, 11) is 0. The van der Waals surface area contributed by atoms with Gasteiger partial charge in [-0.1, -0.05) is 18.3 Å². The molecule has 1 fully saturated rings. The molecular weight excluding hydrogens is 298 g/mol. The highest BCUT2D eigenvalue weighted by molar-refractivity contribution is 7.22. The van der Waals surface area contributed by atoms with Crippen molar-refractivity contribution in [2.24, 2.45) is 5.11 Å². The molecule has 6 nitrogen and oxygen atoms in total. The third-order valence-corrected chi connectivity index (χ3v) is 4.96. The first-order chi connectivity index (χ1) is 10.7. The van der Waals surface area contributed by atoms with Crippen molar-refractivity contribution in [3.05, 3.63) is 18.2 Å². The van der Waals surface area contributed by atoms with Crippen LogP contribution < -0.4 is 10.4 Å². The van der Waals surface area contributed by atoms with Crippen LogP contribution in [0.4, 0.5) is 10.8 Å². The molecule has 2 heterocycles. The molecule has 1 aromatic carbocycles. The number of carbonyl (C=O) groups is 1. The van der Waals surface area contributed by atoms with E-state index in [1.165, 1.54) is 0 Å². The lowest BCUT2D eigenvalue weighted by Crippen LogP contribution is -2.48. The number of amides is 1. The van der Waals surface area contributed by atoms with Crippen molar-refractivity contribution in [2.75, 3.05) is 31.1 Å². The normalized spacial score (nSPS) is 15.3. The molecule has 1 aliphatic heterocycles.